The molecule has 7 heteroatoms. The van der Waals surface area contributed by atoms with E-state index in [1.807, 2.05) is 49.4 Å². The molecule has 4 rings (SSSR count). The molecule has 0 radical (unpaired) electrons. The fourth-order valence-corrected chi connectivity index (χ4v) is 3.88. The zero-order valence-electron chi connectivity index (χ0n) is 20.0. The number of aromatic nitrogens is 2. The second-order valence-corrected chi connectivity index (χ2v) is 8.63. The highest BCUT2D eigenvalue weighted by Gasteiger charge is 2.15. The standard InChI is InChI=1S/C27H33N5O2/c1-3-4-18-34-24-14-8-21(9-15-24)26(33)30-23-12-10-22(11-13-23)29-25-19-20(2)28-27(31-25)32-16-6-5-7-17-32/h8-15,19H,3-7,16-18H2,1-2H3,(H,30,33)(H,28,29,31). The molecule has 1 fully saturated rings. The van der Waals surface area contributed by atoms with Crippen LogP contribution in [0.25, 0.3) is 0 Å². The SMILES string of the molecule is CCCCOc1ccc(C(=O)Nc2ccc(Nc3cc(C)nc(N4CCCCC4)n3)cc2)cc1. The number of hydrogen-bond acceptors (Lipinski definition) is 6. The molecule has 1 amide bonds. The first-order chi connectivity index (χ1) is 16.6. The quantitative estimate of drug-likeness (QED) is 0.385. The van der Waals surface area contributed by atoms with Gasteiger partial charge >= 0.3 is 0 Å². The highest BCUT2D eigenvalue weighted by atomic mass is 16.5. The van der Waals surface area contributed by atoms with Crippen molar-refractivity contribution in [3.05, 3.63) is 65.9 Å². The molecule has 34 heavy (non-hydrogen) atoms. The van der Waals surface area contributed by atoms with Gasteiger partial charge < -0.3 is 20.3 Å². The van der Waals surface area contributed by atoms with Crippen molar-refractivity contribution >= 4 is 29.0 Å². The number of benzene rings is 2. The number of aryl methyl sites for hydroxylation is 1. The summed E-state index contributed by atoms with van der Waals surface area (Å²) >= 11 is 0. The van der Waals surface area contributed by atoms with Crippen LogP contribution < -0.4 is 20.3 Å². The van der Waals surface area contributed by atoms with Crippen molar-refractivity contribution in [1.29, 1.82) is 0 Å². The Morgan fingerprint density at radius 2 is 1.68 bits per heavy atom. The van der Waals surface area contributed by atoms with Gasteiger partial charge in [0.25, 0.3) is 5.91 Å². The summed E-state index contributed by atoms with van der Waals surface area (Å²) in [7, 11) is 0. The van der Waals surface area contributed by atoms with Crippen molar-refractivity contribution in [1.82, 2.24) is 9.97 Å². The minimum absolute atomic E-state index is 0.154. The Bertz CT molecular complexity index is 1080. The maximum atomic E-state index is 12.6. The normalized spacial score (nSPS) is 13.4. The summed E-state index contributed by atoms with van der Waals surface area (Å²) in [6.45, 7) is 6.82. The maximum absolute atomic E-state index is 12.6. The van der Waals surface area contributed by atoms with Gasteiger partial charge in [-0.2, -0.15) is 4.98 Å². The van der Waals surface area contributed by atoms with Gasteiger partial charge in [0.1, 0.15) is 11.6 Å². The monoisotopic (exact) mass is 459 g/mol. The minimum Gasteiger partial charge on any atom is -0.494 e. The minimum atomic E-state index is -0.154. The second-order valence-electron chi connectivity index (χ2n) is 8.63. The van der Waals surface area contributed by atoms with Crippen LogP contribution in [-0.4, -0.2) is 35.6 Å². The molecule has 0 aliphatic carbocycles. The molecule has 1 aliphatic heterocycles. The number of carbonyl (C=O) groups excluding carboxylic acids is 1. The lowest BCUT2D eigenvalue weighted by Gasteiger charge is -2.27. The number of piperidine rings is 1. The number of unbranched alkanes of at least 4 members (excludes halogenated alkanes) is 1. The number of nitrogens with zero attached hydrogens (tertiary/aromatic N) is 3. The summed E-state index contributed by atoms with van der Waals surface area (Å²) in [5, 5.41) is 6.30. The summed E-state index contributed by atoms with van der Waals surface area (Å²) in [6.07, 6.45) is 5.75. The van der Waals surface area contributed by atoms with Gasteiger partial charge in [-0.05, 0) is 81.1 Å². The van der Waals surface area contributed by atoms with Gasteiger partial charge in [0, 0.05) is 41.8 Å². The average Bonchev–Trinajstić information content (AvgIpc) is 2.86. The summed E-state index contributed by atoms with van der Waals surface area (Å²) < 4.78 is 5.66. The van der Waals surface area contributed by atoms with Crippen molar-refractivity contribution in [2.45, 2.75) is 46.0 Å². The number of ether oxygens (including phenoxy) is 1. The molecule has 1 saturated heterocycles. The molecular formula is C27H33N5O2. The molecular weight excluding hydrogens is 426 g/mol. The number of amides is 1. The smallest absolute Gasteiger partial charge is 0.255 e. The summed E-state index contributed by atoms with van der Waals surface area (Å²) in [4.78, 5) is 24.2. The van der Waals surface area contributed by atoms with E-state index in [-0.39, 0.29) is 5.91 Å². The van der Waals surface area contributed by atoms with E-state index in [2.05, 4.69) is 27.4 Å². The Labute approximate surface area is 201 Å². The maximum Gasteiger partial charge on any atom is 0.255 e. The van der Waals surface area contributed by atoms with Crippen LogP contribution in [0.2, 0.25) is 0 Å². The van der Waals surface area contributed by atoms with Crippen LogP contribution in [0.3, 0.4) is 0 Å². The van der Waals surface area contributed by atoms with Gasteiger partial charge in [-0.25, -0.2) is 4.98 Å². The van der Waals surface area contributed by atoms with Crippen LogP contribution in [-0.2, 0) is 0 Å². The van der Waals surface area contributed by atoms with E-state index in [0.29, 0.717) is 12.2 Å². The van der Waals surface area contributed by atoms with Crippen LogP contribution in [0.5, 0.6) is 5.75 Å². The molecule has 0 unspecified atom stereocenters. The zero-order valence-corrected chi connectivity index (χ0v) is 20.0. The summed E-state index contributed by atoms with van der Waals surface area (Å²) in [6, 6.07) is 16.8. The summed E-state index contributed by atoms with van der Waals surface area (Å²) in [5.74, 6) is 2.18. The van der Waals surface area contributed by atoms with E-state index in [9.17, 15) is 4.79 Å². The van der Waals surface area contributed by atoms with Gasteiger partial charge in [0.05, 0.1) is 6.61 Å². The largest absolute Gasteiger partial charge is 0.494 e. The Morgan fingerprint density at radius 3 is 2.38 bits per heavy atom. The van der Waals surface area contributed by atoms with E-state index in [1.54, 1.807) is 12.1 Å². The second kappa shape index (κ2) is 11.5. The number of rotatable bonds is 9. The van der Waals surface area contributed by atoms with Crippen LogP contribution in [0, 0.1) is 6.92 Å². The Kier molecular flexibility index (Phi) is 7.96. The van der Waals surface area contributed by atoms with Gasteiger partial charge in [-0.1, -0.05) is 13.3 Å². The zero-order chi connectivity index (χ0) is 23.8. The molecule has 178 valence electrons. The van der Waals surface area contributed by atoms with Crippen LogP contribution in [0.4, 0.5) is 23.1 Å². The first-order valence-electron chi connectivity index (χ1n) is 12.1. The lowest BCUT2D eigenvalue weighted by Crippen LogP contribution is -2.31. The van der Waals surface area contributed by atoms with E-state index in [1.165, 1.54) is 19.3 Å². The van der Waals surface area contributed by atoms with Crippen molar-refractivity contribution in [3.8, 4) is 5.75 Å². The molecule has 2 N–H and O–H groups in total. The van der Waals surface area contributed by atoms with Gasteiger partial charge in [0.15, 0.2) is 0 Å². The highest BCUT2D eigenvalue weighted by Crippen LogP contribution is 2.22. The third-order valence-electron chi connectivity index (χ3n) is 5.78. The first-order valence-corrected chi connectivity index (χ1v) is 12.1. The summed E-state index contributed by atoms with van der Waals surface area (Å²) in [5.41, 5.74) is 3.15. The fourth-order valence-electron chi connectivity index (χ4n) is 3.88. The Hall–Kier alpha value is -3.61. The molecule has 2 aromatic carbocycles. The molecule has 7 nitrogen and oxygen atoms in total. The number of nitrogens with one attached hydrogen (secondary N) is 2. The fraction of sp³-hybridized carbons (Fsp3) is 0.370. The highest BCUT2D eigenvalue weighted by molar-refractivity contribution is 6.04. The third-order valence-corrected chi connectivity index (χ3v) is 5.78. The molecule has 0 bridgehead atoms. The van der Waals surface area contributed by atoms with Crippen molar-refractivity contribution in [2.24, 2.45) is 0 Å². The predicted octanol–water partition coefficient (Wildman–Crippen LogP) is 5.95. The van der Waals surface area contributed by atoms with Gasteiger partial charge in [-0.3, -0.25) is 4.79 Å². The van der Waals surface area contributed by atoms with Crippen molar-refractivity contribution in [3.63, 3.8) is 0 Å². The lowest BCUT2D eigenvalue weighted by atomic mass is 10.1. The molecule has 1 aliphatic rings. The van der Waals surface area contributed by atoms with E-state index in [0.717, 1.165) is 60.5 Å². The topological polar surface area (TPSA) is 79.4 Å². The number of carbonyl (C=O) groups is 1. The first kappa shape index (κ1) is 23.5. The van der Waals surface area contributed by atoms with E-state index >= 15 is 0 Å². The van der Waals surface area contributed by atoms with Crippen molar-refractivity contribution in [2.75, 3.05) is 35.2 Å². The van der Waals surface area contributed by atoms with Crippen LogP contribution in [0.15, 0.2) is 54.6 Å². The van der Waals surface area contributed by atoms with Crippen molar-refractivity contribution < 1.29 is 9.53 Å². The Balaban J connectivity index is 1.35. The van der Waals surface area contributed by atoms with E-state index in [4.69, 9.17) is 9.72 Å². The Morgan fingerprint density at radius 1 is 0.971 bits per heavy atom. The molecule has 2 heterocycles. The van der Waals surface area contributed by atoms with Gasteiger partial charge in [-0.15, -0.1) is 0 Å². The van der Waals surface area contributed by atoms with E-state index < -0.39 is 0 Å². The molecule has 1 aromatic heterocycles. The molecule has 0 atom stereocenters. The molecule has 0 spiro atoms. The van der Waals surface area contributed by atoms with Gasteiger partial charge in [0.2, 0.25) is 5.95 Å². The third kappa shape index (κ3) is 6.47. The molecule has 3 aromatic rings. The predicted molar refractivity (Wildman–Crippen MR) is 137 cm³/mol. The lowest BCUT2D eigenvalue weighted by molar-refractivity contribution is 0.102. The van der Waals surface area contributed by atoms with Crippen LogP contribution in [0.1, 0.15) is 55.1 Å². The number of anilines is 4. The average molecular weight is 460 g/mol. The number of hydrogen-bond donors (Lipinski definition) is 2. The van der Waals surface area contributed by atoms with Crippen LogP contribution >= 0.6 is 0 Å². The molecule has 0 saturated carbocycles.